The number of hydrogen-bond donors (Lipinski definition) is 3. The number of nitrogens with one attached hydrogen (secondary N) is 2. The van der Waals surface area contributed by atoms with Gasteiger partial charge >= 0.3 is 0 Å². The molecule has 0 saturated carbocycles. The fraction of sp³-hybridized carbons (Fsp3) is 0.182. The second-order valence-corrected chi connectivity index (χ2v) is 6.25. The Bertz CT molecular complexity index is 701. The molecule has 1 aromatic heterocycles. The van der Waals surface area contributed by atoms with Gasteiger partial charge in [0.15, 0.2) is 5.82 Å². The Balaban J connectivity index is 2.40. The Hall–Kier alpha value is -1.73. The topological polar surface area (TPSA) is 101 Å². The number of rotatable bonds is 3. The third kappa shape index (κ3) is 2.82. The van der Waals surface area contributed by atoms with Gasteiger partial charge in [-0.2, -0.15) is 5.10 Å². The summed E-state index contributed by atoms with van der Waals surface area (Å²) < 4.78 is 26.7. The molecule has 0 amide bonds. The van der Waals surface area contributed by atoms with Crippen LogP contribution in [0, 0.1) is 13.8 Å². The van der Waals surface area contributed by atoms with Crippen LogP contribution in [-0.2, 0) is 10.0 Å². The van der Waals surface area contributed by atoms with Gasteiger partial charge in [-0.1, -0.05) is 11.6 Å². The van der Waals surface area contributed by atoms with Crippen LogP contribution in [0.5, 0.6) is 0 Å². The van der Waals surface area contributed by atoms with Crippen LogP contribution in [0.2, 0.25) is 5.02 Å². The van der Waals surface area contributed by atoms with Crippen molar-refractivity contribution >= 4 is 33.1 Å². The maximum atomic E-state index is 12.2. The first-order valence-electron chi connectivity index (χ1n) is 5.40. The number of hydrogen-bond acceptors (Lipinski definition) is 4. The molecule has 0 saturated heterocycles. The number of H-pyrrole nitrogens is 1. The van der Waals surface area contributed by atoms with E-state index in [9.17, 15) is 8.42 Å². The van der Waals surface area contributed by atoms with Crippen LogP contribution >= 0.6 is 11.6 Å². The smallest absolute Gasteiger partial charge is 0.263 e. The molecule has 1 heterocycles. The molecule has 102 valence electrons. The van der Waals surface area contributed by atoms with Crippen molar-refractivity contribution in [2.24, 2.45) is 0 Å². The number of nitrogen functional groups attached to an aromatic ring is 1. The zero-order chi connectivity index (χ0) is 14.2. The predicted molar refractivity (Wildman–Crippen MR) is 74.7 cm³/mol. The Labute approximate surface area is 116 Å². The molecule has 2 rings (SSSR count). The average molecular weight is 301 g/mol. The molecule has 2 aromatic rings. The van der Waals surface area contributed by atoms with E-state index in [1.807, 2.05) is 0 Å². The van der Waals surface area contributed by atoms with Gasteiger partial charge in [0, 0.05) is 11.8 Å². The number of anilines is 2. The van der Waals surface area contributed by atoms with Crippen molar-refractivity contribution in [3.05, 3.63) is 34.5 Å². The molecule has 0 aliphatic rings. The first-order valence-corrected chi connectivity index (χ1v) is 7.26. The summed E-state index contributed by atoms with van der Waals surface area (Å²) in [6, 6.07) is 4.36. The molecule has 0 fully saturated rings. The van der Waals surface area contributed by atoms with Crippen molar-refractivity contribution in [1.29, 1.82) is 0 Å². The summed E-state index contributed by atoms with van der Waals surface area (Å²) in [6.45, 7) is 3.46. The lowest BCUT2D eigenvalue weighted by Crippen LogP contribution is -2.14. The normalized spacial score (nSPS) is 11.5. The number of nitrogens with two attached hydrogens (primary N) is 1. The van der Waals surface area contributed by atoms with Gasteiger partial charge in [0.05, 0.1) is 15.6 Å². The van der Waals surface area contributed by atoms with E-state index in [-0.39, 0.29) is 16.4 Å². The van der Waals surface area contributed by atoms with Crippen molar-refractivity contribution in [2.75, 3.05) is 10.5 Å². The lowest BCUT2D eigenvalue weighted by molar-refractivity contribution is 0.601. The monoisotopic (exact) mass is 300 g/mol. The van der Waals surface area contributed by atoms with Crippen molar-refractivity contribution in [3.8, 4) is 0 Å². The Morgan fingerprint density at radius 3 is 2.53 bits per heavy atom. The number of nitrogens with zero attached hydrogens (tertiary/aromatic N) is 1. The van der Waals surface area contributed by atoms with Crippen molar-refractivity contribution < 1.29 is 8.42 Å². The highest BCUT2D eigenvalue weighted by Crippen LogP contribution is 2.27. The molecule has 0 atom stereocenters. The molecule has 0 bridgehead atoms. The zero-order valence-electron chi connectivity index (χ0n) is 10.4. The second kappa shape index (κ2) is 4.75. The fourth-order valence-corrected chi connectivity index (χ4v) is 2.81. The van der Waals surface area contributed by atoms with E-state index in [0.29, 0.717) is 10.6 Å². The van der Waals surface area contributed by atoms with Crippen LogP contribution in [0.3, 0.4) is 0 Å². The van der Waals surface area contributed by atoms with Crippen LogP contribution in [0.25, 0.3) is 0 Å². The molecule has 0 radical (unpaired) electrons. The summed E-state index contributed by atoms with van der Waals surface area (Å²) in [5, 5.41) is 6.82. The van der Waals surface area contributed by atoms with Gasteiger partial charge in [0.25, 0.3) is 10.0 Å². The van der Waals surface area contributed by atoms with Crippen LogP contribution in [-0.4, -0.2) is 18.6 Å². The van der Waals surface area contributed by atoms with E-state index in [1.54, 1.807) is 19.9 Å². The number of aromatic amines is 1. The van der Waals surface area contributed by atoms with Gasteiger partial charge in [0.1, 0.15) is 0 Å². The summed E-state index contributed by atoms with van der Waals surface area (Å²) in [7, 11) is -3.73. The quantitative estimate of drug-likeness (QED) is 0.755. The van der Waals surface area contributed by atoms with Crippen LogP contribution in [0.15, 0.2) is 23.1 Å². The van der Waals surface area contributed by atoms with Gasteiger partial charge < -0.3 is 5.73 Å². The average Bonchev–Trinajstić information content (AvgIpc) is 2.70. The van der Waals surface area contributed by atoms with Gasteiger partial charge in [0.2, 0.25) is 0 Å². The molecule has 0 unspecified atom stereocenters. The van der Waals surface area contributed by atoms with E-state index in [4.69, 9.17) is 17.3 Å². The first kappa shape index (κ1) is 13.7. The fourth-order valence-electron chi connectivity index (χ4n) is 1.58. The molecule has 0 aliphatic heterocycles. The minimum atomic E-state index is -3.73. The molecule has 4 N–H and O–H groups in total. The van der Waals surface area contributed by atoms with Gasteiger partial charge in [-0.3, -0.25) is 9.82 Å². The Morgan fingerprint density at radius 2 is 2.00 bits per heavy atom. The second-order valence-electron chi connectivity index (χ2n) is 4.19. The highest BCUT2D eigenvalue weighted by molar-refractivity contribution is 7.92. The Kier molecular flexibility index (Phi) is 3.42. The number of halogens is 1. The van der Waals surface area contributed by atoms with Gasteiger partial charge in [-0.15, -0.1) is 0 Å². The van der Waals surface area contributed by atoms with E-state index in [1.165, 1.54) is 12.1 Å². The van der Waals surface area contributed by atoms with Crippen molar-refractivity contribution in [1.82, 2.24) is 10.2 Å². The molecule has 0 aliphatic carbocycles. The maximum absolute atomic E-state index is 12.2. The van der Waals surface area contributed by atoms with Crippen LogP contribution in [0.1, 0.15) is 11.3 Å². The number of aryl methyl sites for hydroxylation is 2. The molecule has 6 nitrogen and oxygen atoms in total. The van der Waals surface area contributed by atoms with Crippen molar-refractivity contribution in [2.45, 2.75) is 18.7 Å². The summed E-state index contributed by atoms with van der Waals surface area (Å²) >= 11 is 5.91. The van der Waals surface area contributed by atoms with E-state index >= 15 is 0 Å². The highest BCUT2D eigenvalue weighted by Gasteiger charge is 2.18. The van der Waals surface area contributed by atoms with E-state index in [0.717, 1.165) is 5.69 Å². The molecular formula is C11H13ClN4O2S. The molecule has 1 aromatic carbocycles. The highest BCUT2D eigenvalue weighted by atomic mass is 35.5. The van der Waals surface area contributed by atoms with Gasteiger partial charge in [-0.25, -0.2) is 8.42 Å². The lowest BCUT2D eigenvalue weighted by Gasteiger charge is -2.09. The number of aromatic nitrogens is 2. The largest absolute Gasteiger partial charge is 0.397 e. The standard InChI is InChI=1S/C11H13ClN4O2S/c1-6-3-8(5-9(13)11(6)12)19(17,18)16-10-4-7(2)14-15-10/h3-5H,13H2,1-2H3,(H2,14,15,16). The van der Waals surface area contributed by atoms with Crippen LogP contribution in [0.4, 0.5) is 11.5 Å². The number of benzene rings is 1. The predicted octanol–water partition coefficient (Wildman–Crippen LogP) is 2.06. The third-order valence-corrected chi connectivity index (χ3v) is 4.36. The maximum Gasteiger partial charge on any atom is 0.263 e. The summed E-state index contributed by atoms with van der Waals surface area (Å²) in [5.41, 5.74) is 7.24. The summed E-state index contributed by atoms with van der Waals surface area (Å²) in [5.74, 6) is 0.226. The minimum Gasteiger partial charge on any atom is -0.397 e. The van der Waals surface area contributed by atoms with Crippen molar-refractivity contribution in [3.63, 3.8) is 0 Å². The molecule has 0 spiro atoms. The lowest BCUT2D eigenvalue weighted by atomic mass is 10.2. The zero-order valence-corrected chi connectivity index (χ0v) is 11.9. The third-order valence-electron chi connectivity index (χ3n) is 2.51. The van der Waals surface area contributed by atoms with E-state index in [2.05, 4.69) is 14.9 Å². The van der Waals surface area contributed by atoms with Gasteiger partial charge in [-0.05, 0) is 31.5 Å². The Morgan fingerprint density at radius 1 is 1.32 bits per heavy atom. The molecular weight excluding hydrogens is 288 g/mol. The SMILES string of the molecule is Cc1cc(NS(=O)(=O)c2cc(C)c(Cl)c(N)c2)n[nH]1. The molecule has 8 heteroatoms. The number of sulfonamides is 1. The van der Waals surface area contributed by atoms with Crippen LogP contribution < -0.4 is 10.5 Å². The first-order chi connectivity index (χ1) is 8.79. The summed E-state index contributed by atoms with van der Waals surface area (Å²) in [6.07, 6.45) is 0. The molecule has 19 heavy (non-hydrogen) atoms. The minimum absolute atomic E-state index is 0.0487. The van der Waals surface area contributed by atoms with E-state index < -0.39 is 10.0 Å². The summed E-state index contributed by atoms with van der Waals surface area (Å²) in [4.78, 5) is 0.0487.